The van der Waals surface area contributed by atoms with Gasteiger partial charge in [-0.2, -0.15) is 0 Å². The smallest absolute Gasteiger partial charge is 0.193 e. The van der Waals surface area contributed by atoms with Crippen molar-refractivity contribution in [3.05, 3.63) is 46.2 Å². The Morgan fingerprint density at radius 3 is 2.84 bits per heavy atom. The lowest BCUT2D eigenvalue weighted by Crippen LogP contribution is -2.16. The molecule has 98 valence electrons. The highest BCUT2D eigenvalue weighted by Crippen LogP contribution is 2.27. The van der Waals surface area contributed by atoms with E-state index in [0.717, 1.165) is 15.1 Å². The molecule has 0 aliphatic rings. The fourth-order valence-corrected chi connectivity index (χ4v) is 2.83. The molecule has 0 saturated heterocycles. The molecule has 0 fully saturated rings. The molecule has 0 radical (unpaired) electrons. The summed E-state index contributed by atoms with van der Waals surface area (Å²) in [6, 6.07) is 9.49. The van der Waals surface area contributed by atoms with E-state index >= 15 is 0 Å². The standard InChI is InChI=1S/C12H11BrN4OS/c1-7-5-10(11(14)17-18)16-12(15-7)19-9-4-2-3-8(13)6-9/h2-6,18H,1H3,(H2,14,17). The monoisotopic (exact) mass is 338 g/mol. The average molecular weight is 339 g/mol. The fraction of sp³-hybridized carbons (Fsp3) is 0.0833. The van der Waals surface area contributed by atoms with E-state index in [1.807, 2.05) is 31.2 Å². The van der Waals surface area contributed by atoms with Gasteiger partial charge in [0.2, 0.25) is 0 Å². The van der Waals surface area contributed by atoms with Gasteiger partial charge in [-0.3, -0.25) is 0 Å². The Kier molecular flexibility index (Phi) is 4.39. The maximum Gasteiger partial charge on any atom is 0.193 e. The summed E-state index contributed by atoms with van der Waals surface area (Å²) in [6.45, 7) is 1.83. The topological polar surface area (TPSA) is 84.4 Å². The Bertz CT molecular complexity index is 633. The third-order valence-electron chi connectivity index (χ3n) is 2.21. The minimum atomic E-state index is -0.0263. The molecule has 7 heteroatoms. The number of nitrogens with two attached hydrogens (primary N) is 1. The third-order valence-corrected chi connectivity index (χ3v) is 3.56. The number of oxime groups is 1. The van der Waals surface area contributed by atoms with Gasteiger partial charge in [0, 0.05) is 15.1 Å². The number of aryl methyl sites for hydroxylation is 1. The van der Waals surface area contributed by atoms with Gasteiger partial charge >= 0.3 is 0 Å². The van der Waals surface area contributed by atoms with Crippen molar-refractivity contribution in [2.75, 3.05) is 0 Å². The Morgan fingerprint density at radius 1 is 1.37 bits per heavy atom. The summed E-state index contributed by atoms with van der Waals surface area (Å²) in [4.78, 5) is 9.57. The first kappa shape index (κ1) is 13.8. The summed E-state index contributed by atoms with van der Waals surface area (Å²) in [5.41, 5.74) is 6.71. The van der Waals surface area contributed by atoms with Gasteiger partial charge < -0.3 is 10.9 Å². The molecule has 19 heavy (non-hydrogen) atoms. The van der Waals surface area contributed by atoms with Crippen LogP contribution < -0.4 is 5.73 Å². The van der Waals surface area contributed by atoms with Crippen molar-refractivity contribution in [3.8, 4) is 0 Å². The molecule has 1 aromatic carbocycles. The second-order valence-corrected chi connectivity index (χ2v) is 5.68. The van der Waals surface area contributed by atoms with Gasteiger partial charge in [-0.05, 0) is 43.0 Å². The molecule has 1 aromatic heterocycles. The number of hydrogen-bond acceptors (Lipinski definition) is 5. The van der Waals surface area contributed by atoms with Crippen molar-refractivity contribution in [3.63, 3.8) is 0 Å². The molecule has 0 atom stereocenters. The average Bonchev–Trinajstić information content (AvgIpc) is 2.37. The van der Waals surface area contributed by atoms with Gasteiger partial charge in [0.05, 0.1) is 0 Å². The molecule has 1 heterocycles. The fourth-order valence-electron chi connectivity index (χ4n) is 1.41. The minimum Gasteiger partial charge on any atom is -0.409 e. The van der Waals surface area contributed by atoms with Crippen LogP contribution in [0.2, 0.25) is 0 Å². The van der Waals surface area contributed by atoms with E-state index in [1.165, 1.54) is 11.8 Å². The summed E-state index contributed by atoms with van der Waals surface area (Å²) in [6.07, 6.45) is 0. The molecule has 5 nitrogen and oxygen atoms in total. The van der Waals surface area contributed by atoms with Crippen LogP contribution in [0.5, 0.6) is 0 Å². The first-order valence-electron chi connectivity index (χ1n) is 5.35. The van der Waals surface area contributed by atoms with E-state index in [4.69, 9.17) is 10.9 Å². The Hall–Kier alpha value is -1.60. The summed E-state index contributed by atoms with van der Waals surface area (Å²) < 4.78 is 0.988. The normalized spacial score (nSPS) is 11.6. The molecule has 0 amide bonds. The quantitative estimate of drug-likeness (QED) is 0.295. The molecule has 0 aliphatic carbocycles. The molecular formula is C12H11BrN4OS. The van der Waals surface area contributed by atoms with Crippen molar-refractivity contribution in [1.29, 1.82) is 0 Å². The zero-order valence-corrected chi connectivity index (χ0v) is 12.4. The van der Waals surface area contributed by atoms with Gasteiger partial charge in [-0.25, -0.2) is 9.97 Å². The molecule has 0 bridgehead atoms. The van der Waals surface area contributed by atoms with Crippen LogP contribution in [0.25, 0.3) is 0 Å². The van der Waals surface area contributed by atoms with Crippen LogP contribution in [0.4, 0.5) is 0 Å². The number of halogens is 1. The third kappa shape index (κ3) is 3.68. The predicted octanol–water partition coefficient (Wildman–Crippen LogP) is 2.79. The lowest BCUT2D eigenvalue weighted by molar-refractivity contribution is 0.318. The second-order valence-electron chi connectivity index (χ2n) is 3.72. The summed E-state index contributed by atoms with van der Waals surface area (Å²) in [5, 5.41) is 12.2. The van der Waals surface area contributed by atoms with Crippen molar-refractivity contribution >= 4 is 33.5 Å². The number of rotatable bonds is 3. The molecule has 0 unspecified atom stereocenters. The van der Waals surface area contributed by atoms with Gasteiger partial charge in [0.25, 0.3) is 0 Å². The van der Waals surface area contributed by atoms with Crippen molar-refractivity contribution in [2.45, 2.75) is 17.0 Å². The van der Waals surface area contributed by atoms with Gasteiger partial charge in [-0.1, -0.05) is 27.2 Å². The largest absolute Gasteiger partial charge is 0.409 e. The van der Waals surface area contributed by atoms with Gasteiger partial charge in [0.1, 0.15) is 5.69 Å². The molecule has 3 N–H and O–H groups in total. The van der Waals surface area contributed by atoms with Crippen molar-refractivity contribution < 1.29 is 5.21 Å². The number of nitrogens with zero attached hydrogens (tertiary/aromatic N) is 3. The highest BCUT2D eigenvalue weighted by atomic mass is 79.9. The maximum atomic E-state index is 8.69. The molecule has 0 saturated carbocycles. The Balaban J connectivity index is 2.33. The minimum absolute atomic E-state index is 0.0263. The van der Waals surface area contributed by atoms with Crippen LogP contribution in [-0.4, -0.2) is 21.0 Å². The lowest BCUT2D eigenvalue weighted by atomic mass is 10.3. The molecule has 0 aliphatic heterocycles. The van der Waals surface area contributed by atoms with E-state index in [2.05, 4.69) is 31.1 Å². The van der Waals surface area contributed by atoms with E-state index in [0.29, 0.717) is 10.9 Å². The zero-order chi connectivity index (χ0) is 13.8. The SMILES string of the molecule is Cc1cc(/C(N)=N/O)nc(Sc2cccc(Br)c2)n1. The van der Waals surface area contributed by atoms with Gasteiger partial charge in [0.15, 0.2) is 11.0 Å². The molecule has 2 rings (SSSR count). The lowest BCUT2D eigenvalue weighted by Gasteiger charge is -2.05. The number of amidine groups is 1. The van der Waals surface area contributed by atoms with E-state index < -0.39 is 0 Å². The van der Waals surface area contributed by atoms with Crippen LogP contribution in [-0.2, 0) is 0 Å². The summed E-state index contributed by atoms with van der Waals surface area (Å²) >= 11 is 4.83. The van der Waals surface area contributed by atoms with E-state index in [1.54, 1.807) is 6.07 Å². The Morgan fingerprint density at radius 2 is 2.16 bits per heavy atom. The zero-order valence-electron chi connectivity index (χ0n) is 10.0. The van der Waals surface area contributed by atoms with Crippen LogP contribution in [0, 0.1) is 6.92 Å². The second kappa shape index (κ2) is 6.03. The van der Waals surface area contributed by atoms with Crippen LogP contribution in [0.3, 0.4) is 0 Å². The van der Waals surface area contributed by atoms with E-state index in [9.17, 15) is 0 Å². The summed E-state index contributed by atoms with van der Waals surface area (Å²) in [7, 11) is 0. The highest BCUT2D eigenvalue weighted by Gasteiger charge is 2.08. The Labute approximate surface area is 123 Å². The van der Waals surface area contributed by atoms with Crippen molar-refractivity contribution in [2.24, 2.45) is 10.9 Å². The van der Waals surface area contributed by atoms with Crippen molar-refractivity contribution in [1.82, 2.24) is 9.97 Å². The first-order valence-corrected chi connectivity index (χ1v) is 6.96. The molecular weight excluding hydrogens is 328 g/mol. The van der Waals surface area contributed by atoms with Crippen LogP contribution in [0.15, 0.2) is 50.0 Å². The number of benzene rings is 1. The molecule has 2 aromatic rings. The van der Waals surface area contributed by atoms with E-state index in [-0.39, 0.29) is 5.84 Å². The predicted molar refractivity (Wildman–Crippen MR) is 77.5 cm³/mol. The summed E-state index contributed by atoms with van der Waals surface area (Å²) in [5.74, 6) is -0.0263. The van der Waals surface area contributed by atoms with Crippen LogP contribution in [0.1, 0.15) is 11.4 Å². The van der Waals surface area contributed by atoms with Crippen LogP contribution >= 0.6 is 27.7 Å². The number of aromatic nitrogens is 2. The number of hydrogen-bond donors (Lipinski definition) is 2. The first-order chi connectivity index (χ1) is 9.08. The maximum absolute atomic E-state index is 8.69. The van der Waals surface area contributed by atoms with Gasteiger partial charge in [-0.15, -0.1) is 0 Å². The molecule has 0 spiro atoms. The highest BCUT2D eigenvalue weighted by molar-refractivity contribution is 9.10.